The van der Waals surface area contributed by atoms with Crippen LogP contribution in [-0.4, -0.2) is 32.8 Å². The number of fused-ring (bicyclic) bond motifs is 2. The minimum Gasteiger partial charge on any atom is -0.454 e. The summed E-state index contributed by atoms with van der Waals surface area (Å²) in [5.41, 5.74) is 4.11. The van der Waals surface area contributed by atoms with Crippen molar-refractivity contribution in [1.82, 2.24) is 0 Å². The van der Waals surface area contributed by atoms with Crippen LogP contribution in [0.25, 0.3) is 0 Å². The molecule has 1 aromatic carbocycles. The van der Waals surface area contributed by atoms with E-state index < -0.39 is 22.7 Å². The van der Waals surface area contributed by atoms with Crippen molar-refractivity contribution in [3.63, 3.8) is 0 Å². The number of aliphatic imine (C=N–C) groups is 1. The summed E-state index contributed by atoms with van der Waals surface area (Å²) in [6.07, 6.45) is 0. The number of methoxy groups -OCH3 is 2. The molecule has 0 aromatic heterocycles. The van der Waals surface area contributed by atoms with E-state index in [9.17, 15) is 10.5 Å². The highest BCUT2D eigenvalue weighted by Crippen LogP contribution is 2.82. The molecule has 0 spiro atoms. The molecule has 2 heterocycles. The van der Waals surface area contributed by atoms with Gasteiger partial charge in [-0.3, -0.25) is 0 Å². The van der Waals surface area contributed by atoms with Gasteiger partial charge in [0, 0.05) is 20.1 Å². The molecule has 8 heteroatoms. The second-order valence-corrected chi connectivity index (χ2v) is 5.87. The monoisotopic (exact) mass is 326 g/mol. The van der Waals surface area contributed by atoms with Crippen molar-refractivity contribution in [2.24, 2.45) is 21.6 Å². The lowest BCUT2D eigenvalue weighted by Crippen LogP contribution is -2.41. The van der Waals surface area contributed by atoms with Crippen molar-refractivity contribution in [2.75, 3.05) is 21.0 Å². The minimum atomic E-state index is -1.62. The topological polar surface area (TPSA) is 123 Å². The van der Waals surface area contributed by atoms with Crippen LogP contribution >= 0.6 is 0 Å². The van der Waals surface area contributed by atoms with Gasteiger partial charge in [-0.05, 0) is 17.7 Å². The van der Waals surface area contributed by atoms with Gasteiger partial charge in [-0.25, -0.2) is 4.99 Å². The van der Waals surface area contributed by atoms with Gasteiger partial charge in [0.15, 0.2) is 16.9 Å². The third-order valence-corrected chi connectivity index (χ3v) is 5.21. The predicted molar refractivity (Wildman–Crippen MR) is 79.8 cm³/mol. The van der Waals surface area contributed by atoms with E-state index in [2.05, 4.69) is 17.1 Å². The van der Waals surface area contributed by atoms with Gasteiger partial charge in [-0.15, -0.1) is 0 Å². The summed E-state index contributed by atoms with van der Waals surface area (Å²) in [5.74, 6) is -0.949. The summed E-state index contributed by atoms with van der Waals surface area (Å²) >= 11 is 0. The predicted octanol–water partition coefficient (Wildman–Crippen LogP) is 0.850. The second-order valence-electron chi connectivity index (χ2n) is 5.87. The molecule has 3 atom stereocenters. The SMILES string of the molecule is COC1(OC)N=C(N)[C@]2(C#N)[C@@H](c3ccc4c(c3)OCO4)[C@]12C#N. The van der Waals surface area contributed by atoms with Gasteiger partial charge in [0.05, 0.1) is 12.1 Å². The quantitative estimate of drug-likeness (QED) is 0.817. The van der Waals surface area contributed by atoms with Crippen molar-refractivity contribution in [3.05, 3.63) is 23.8 Å². The first-order valence-corrected chi connectivity index (χ1v) is 7.25. The van der Waals surface area contributed by atoms with Crippen LogP contribution in [0.1, 0.15) is 11.5 Å². The molecule has 24 heavy (non-hydrogen) atoms. The van der Waals surface area contributed by atoms with Crippen LogP contribution in [0.5, 0.6) is 11.5 Å². The molecule has 8 nitrogen and oxygen atoms in total. The fraction of sp³-hybridized carbons (Fsp3) is 0.438. The van der Waals surface area contributed by atoms with Crippen LogP contribution in [0.2, 0.25) is 0 Å². The van der Waals surface area contributed by atoms with Crippen LogP contribution in [0.15, 0.2) is 23.2 Å². The maximum Gasteiger partial charge on any atom is 0.292 e. The first-order valence-electron chi connectivity index (χ1n) is 7.25. The van der Waals surface area contributed by atoms with Gasteiger partial charge in [0.2, 0.25) is 6.79 Å². The normalized spacial score (nSPS) is 34.0. The average Bonchev–Trinajstić information content (AvgIpc) is 2.87. The lowest BCUT2D eigenvalue weighted by molar-refractivity contribution is -0.230. The van der Waals surface area contributed by atoms with Crippen LogP contribution in [0.3, 0.4) is 0 Å². The molecule has 0 unspecified atom stereocenters. The number of nitrogens with zero attached hydrogens (tertiary/aromatic N) is 3. The third kappa shape index (κ3) is 1.25. The average molecular weight is 326 g/mol. The number of amidine groups is 1. The Morgan fingerprint density at radius 3 is 2.54 bits per heavy atom. The molecule has 4 rings (SSSR count). The van der Waals surface area contributed by atoms with Gasteiger partial charge in [0.25, 0.3) is 5.91 Å². The Morgan fingerprint density at radius 2 is 1.92 bits per heavy atom. The molecule has 3 aliphatic rings. The van der Waals surface area contributed by atoms with Crippen LogP contribution < -0.4 is 15.2 Å². The number of nitriles is 2. The van der Waals surface area contributed by atoms with Crippen molar-refractivity contribution in [3.8, 4) is 23.6 Å². The number of ether oxygens (including phenoxy) is 4. The van der Waals surface area contributed by atoms with E-state index in [4.69, 9.17) is 24.7 Å². The summed E-state index contributed by atoms with van der Waals surface area (Å²) in [5, 5.41) is 19.8. The molecule has 1 fully saturated rings. The number of nitrogens with two attached hydrogens (primary N) is 1. The molecule has 0 amide bonds. The summed E-state index contributed by atoms with van der Waals surface area (Å²) in [7, 11) is 2.75. The van der Waals surface area contributed by atoms with Gasteiger partial charge in [-0.2, -0.15) is 10.5 Å². The fourth-order valence-corrected chi connectivity index (χ4v) is 4.11. The number of hydrogen-bond acceptors (Lipinski definition) is 8. The lowest BCUT2D eigenvalue weighted by Gasteiger charge is -2.29. The molecule has 0 saturated heterocycles. The molecule has 0 radical (unpaired) electrons. The number of rotatable bonds is 3. The van der Waals surface area contributed by atoms with E-state index in [1.165, 1.54) is 14.2 Å². The molecule has 1 aliphatic carbocycles. The van der Waals surface area contributed by atoms with Crippen molar-refractivity contribution in [1.29, 1.82) is 10.5 Å². The van der Waals surface area contributed by atoms with Crippen molar-refractivity contribution in [2.45, 2.75) is 11.8 Å². The third-order valence-electron chi connectivity index (χ3n) is 5.21. The highest BCUT2D eigenvalue weighted by atomic mass is 16.7. The molecular formula is C16H14N4O4. The zero-order chi connectivity index (χ0) is 17.2. The Hall–Kier alpha value is -2.81. The second kappa shape index (κ2) is 4.38. The standard InChI is InChI=1S/C16H14N4O4/c1-21-16(22-2)15(7-18)12(14(15,6-17)13(19)20-16)9-3-4-10-11(5-9)24-8-23-10/h3-5,12H,8H2,1-2H3,(H2,19,20)/t12-,14+,15+/m1/s1. The van der Waals surface area contributed by atoms with E-state index in [0.717, 1.165) is 5.56 Å². The highest BCUT2D eigenvalue weighted by Gasteiger charge is 2.93. The largest absolute Gasteiger partial charge is 0.454 e. The van der Waals surface area contributed by atoms with Crippen molar-refractivity contribution >= 4 is 5.84 Å². The Morgan fingerprint density at radius 1 is 1.21 bits per heavy atom. The zero-order valence-electron chi connectivity index (χ0n) is 13.1. The Balaban J connectivity index is 1.91. The summed E-state index contributed by atoms with van der Waals surface area (Å²) in [4.78, 5) is 4.17. The molecule has 0 bridgehead atoms. The van der Waals surface area contributed by atoms with Crippen LogP contribution in [-0.2, 0) is 9.47 Å². The fourth-order valence-electron chi connectivity index (χ4n) is 4.11. The lowest BCUT2D eigenvalue weighted by atomic mass is 9.93. The van der Waals surface area contributed by atoms with E-state index in [1.807, 2.05) is 0 Å². The molecule has 122 valence electrons. The van der Waals surface area contributed by atoms with E-state index in [-0.39, 0.29) is 12.6 Å². The number of hydrogen-bond donors (Lipinski definition) is 1. The molecule has 2 N–H and O–H groups in total. The van der Waals surface area contributed by atoms with Crippen LogP contribution in [0.4, 0.5) is 0 Å². The Kier molecular flexibility index (Phi) is 2.70. The summed E-state index contributed by atoms with van der Waals surface area (Å²) < 4.78 is 21.5. The van der Waals surface area contributed by atoms with Gasteiger partial charge in [0.1, 0.15) is 11.3 Å². The van der Waals surface area contributed by atoms with Gasteiger partial charge in [-0.1, -0.05) is 6.07 Å². The van der Waals surface area contributed by atoms with Crippen molar-refractivity contribution < 1.29 is 18.9 Å². The molecule has 1 aromatic rings. The van der Waals surface area contributed by atoms with E-state index in [1.54, 1.807) is 18.2 Å². The minimum absolute atomic E-state index is 0.0397. The first-order chi connectivity index (χ1) is 11.6. The van der Waals surface area contributed by atoms with E-state index in [0.29, 0.717) is 11.5 Å². The maximum absolute atomic E-state index is 9.96. The smallest absolute Gasteiger partial charge is 0.292 e. The Labute approximate surface area is 138 Å². The van der Waals surface area contributed by atoms with Gasteiger partial charge >= 0.3 is 0 Å². The van der Waals surface area contributed by atoms with Gasteiger partial charge < -0.3 is 24.7 Å². The van der Waals surface area contributed by atoms with E-state index >= 15 is 0 Å². The Bertz CT molecular complexity index is 851. The highest BCUT2D eigenvalue weighted by molar-refractivity contribution is 6.00. The molecule has 1 saturated carbocycles. The van der Waals surface area contributed by atoms with Crippen LogP contribution in [0, 0.1) is 33.5 Å². The zero-order valence-corrected chi connectivity index (χ0v) is 13.1. The first kappa shape index (κ1) is 14.8. The maximum atomic E-state index is 9.96. The number of benzene rings is 1. The summed E-state index contributed by atoms with van der Waals surface area (Å²) in [6, 6.07) is 9.68. The molecule has 2 aliphatic heterocycles. The summed E-state index contributed by atoms with van der Waals surface area (Å²) in [6.45, 7) is 0.139. The molecular weight excluding hydrogens is 312 g/mol.